The van der Waals surface area contributed by atoms with Crippen LogP contribution >= 0.6 is 0 Å². The monoisotopic (exact) mass is 475 g/mol. The summed E-state index contributed by atoms with van der Waals surface area (Å²) in [6.45, 7) is 8.59. The molecule has 1 fully saturated rings. The van der Waals surface area contributed by atoms with Gasteiger partial charge < -0.3 is 19.3 Å². The van der Waals surface area contributed by atoms with E-state index in [9.17, 15) is 13.2 Å². The van der Waals surface area contributed by atoms with Crippen LogP contribution in [0.1, 0.15) is 43.5 Å². The normalized spacial score (nSPS) is 14.0. The first kappa shape index (κ1) is 25.0. The van der Waals surface area contributed by atoms with E-state index in [0.29, 0.717) is 17.9 Å². The van der Waals surface area contributed by atoms with Gasteiger partial charge in [0.15, 0.2) is 5.75 Å². The van der Waals surface area contributed by atoms with Crippen molar-refractivity contribution in [2.45, 2.75) is 38.0 Å². The number of carbonyl (C=O) groups excluding carboxylic acids is 1. The number of nitrogens with two attached hydrogens (primary N) is 1. The lowest BCUT2D eigenvalue weighted by molar-refractivity contribution is 0.0489. The molecule has 33 heavy (non-hydrogen) atoms. The Balaban J connectivity index is 1.92. The zero-order chi connectivity index (χ0) is 23.8. The lowest BCUT2D eigenvalue weighted by atomic mass is 10.1. The zero-order valence-electron chi connectivity index (χ0n) is 19.3. The maximum absolute atomic E-state index is 12.8. The summed E-state index contributed by atoms with van der Waals surface area (Å²) in [5.41, 5.74) is 0.669. The Morgan fingerprint density at radius 1 is 1.09 bits per heavy atom. The van der Waals surface area contributed by atoms with Crippen LogP contribution in [-0.2, 0) is 14.8 Å². The molecule has 2 N–H and O–H groups in total. The number of carbonyl (C=O) groups is 1. The second kappa shape index (κ2) is 11.5. The Morgan fingerprint density at radius 3 is 2.36 bits per heavy atom. The average molecular weight is 476 g/mol. The van der Waals surface area contributed by atoms with E-state index in [0.717, 1.165) is 45.6 Å². The number of benzene rings is 2. The summed E-state index contributed by atoms with van der Waals surface area (Å²) in [7, 11) is -4.17. The third kappa shape index (κ3) is 6.69. The van der Waals surface area contributed by atoms with Crippen LogP contribution in [0, 0.1) is 0 Å². The molecule has 1 aliphatic heterocycles. The van der Waals surface area contributed by atoms with Gasteiger partial charge >= 0.3 is 5.97 Å². The van der Waals surface area contributed by atoms with E-state index in [1.54, 1.807) is 30.3 Å². The van der Waals surface area contributed by atoms with Crippen molar-refractivity contribution in [3.63, 3.8) is 0 Å². The van der Waals surface area contributed by atoms with Crippen LogP contribution < -0.4 is 14.8 Å². The summed E-state index contributed by atoms with van der Waals surface area (Å²) < 4.78 is 36.5. The highest BCUT2D eigenvalue weighted by Gasteiger charge is 2.27. The molecule has 2 aromatic carbocycles. The van der Waals surface area contributed by atoms with Crippen molar-refractivity contribution < 1.29 is 22.7 Å². The van der Waals surface area contributed by atoms with Crippen LogP contribution in [0.25, 0.3) is 0 Å². The second-order valence-corrected chi connectivity index (χ2v) is 9.52. The lowest BCUT2D eigenvalue weighted by Gasteiger charge is -2.24. The molecule has 2 aromatic rings. The van der Waals surface area contributed by atoms with Gasteiger partial charge in [0.25, 0.3) is 0 Å². The van der Waals surface area contributed by atoms with Crippen molar-refractivity contribution in [2.75, 3.05) is 44.2 Å². The van der Waals surface area contributed by atoms with Crippen molar-refractivity contribution >= 4 is 21.7 Å². The number of ether oxygens (including phenoxy) is 2. The first-order chi connectivity index (χ1) is 15.8. The van der Waals surface area contributed by atoms with Gasteiger partial charge in [-0.05, 0) is 56.6 Å². The van der Waals surface area contributed by atoms with E-state index < -0.39 is 16.0 Å². The molecule has 0 radical (unpaired) electrons. The Labute approximate surface area is 196 Å². The fourth-order valence-corrected chi connectivity index (χ4v) is 4.59. The van der Waals surface area contributed by atoms with Crippen LogP contribution in [0.2, 0.25) is 0 Å². The molecule has 0 aliphatic carbocycles. The minimum Gasteiger partial charge on any atom is -0.462 e. The largest absolute Gasteiger partial charge is 0.462 e. The van der Waals surface area contributed by atoms with Gasteiger partial charge in [-0.3, -0.25) is 0 Å². The van der Waals surface area contributed by atoms with Gasteiger partial charge in [0.05, 0.1) is 17.9 Å². The van der Waals surface area contributed by atoms with Gasteiger partial charge in [0.2, 0.25) is 10.0 Å². The van der Waals surface area contributed by atoms with E-state index in [2.05, 4.69) is 18.7 Å². The van der Waals surface area contributed by atoms with Gasteiger partial charge in [0, 0.05) is 19.6 Å². The summed E-state index contributed by atoms with van der Waals surface area (Å²) in [5, 5.41) is 5.55. The van der Waals surface area contributed by atoms with Gasteiger partial charge in [0.1, 0.15) is 10.6 Å². The number of nitrogens with zero attached hydrogens (tertiary/aromatic N) is 2. The first-order valence-electron chi connectivity index (χ1n) is 11.4. The Morgan fingerprint density at radius 2 is 1.76 bits per heavy atom. The van der Waals surface area contributed by atoms with E-state index in [4.69, 9.17) is 14.6 Å². The number of hydrogen-bond acceptors (Lipinski definition) is 7. The molecular formula is C24H33N3O5S. The molecule has 0 bridgehead atoms. The third-order valence-electron chi connectivity index (χ3n) is 5.73. The molecule has 0 unspecified atom stereocenters. The molecule has 0 spiro atoms. The summed E-state index contributed by atoms with van der Waals surface area (Å²) in [6, 6.07) is 11.8. The van der Waals surface area contributed by atoms with Gasteiger partial charge in [-0.2, -0.15) is 0 Å². The Kier molecular flexibility index (Phi) is 8.71. The number of primary sulfonamides is 1. The minimum atomic E-state index is -4.17. The SMILES string of the molecule is CCN(CC)CCCOC(=O)c1cc(N2CCCC2)c(Oc2ccccc2)c(S(N)(=O)=O)c1. The number of anilines is 1. The van der Waals surface area contributed by atoms with E-state index in [1.807, 2.05) is 11.0 Å². The molecule has 0 saturated carbocycles. The summed E-state index contributed by atoms with van der Waals surface area (Å²) in [6.07, 6.45) is 2.63. The van der Waals surface area contributed by atoms with Crippen LogP contribution in [0.3, 0.4) is 0 Å². The molecule has 180 valence electrons. The van der Waals surface area contributed by atoms with E-state index >= 15 is 0 Å². The topological polar surface area (TPSA) is 102 Å². The van der Waals surface area contributed by atoms with Crippen molar-refractivity contribution in [1.82, 2.24) is 4.90 Å². The van der Waals surface area contributed by atoms with Crippen molar-refractivity contribution in [3.05, 3.63) is 48.0 Å². The molecular weight excluding hydrogens is 442 g/mol. The smallest absolute Gasteiger partial charge is 0.338 e. The Bertz CT molecular complexity index is 1030. The van der Waals surface area contributed by atoms with Crippen molar-refractivity contribution in [3.8, 4) is 11.5 Å². The molecule has 1 saturated heterocycles. The standard InChI is InChI=1S/C24H33N3O5S/c1-3-26(4-2)13-10-16-31-24(28)19-17-21(27-14-8-9-15-27)23(22(18-19)33(25,29)30)32-20-11-6-5-7-12-20/h5-7,11-12,17-18H,3-4,8-10,13-16H2,1-2H3,(H2,25,29,30). The van der Waals surface area contributed by atoms with Gasteiger partial charge in [-0.15, -0.1) is 0 Å². The number of hydrogen-bond donors (Lipinski definition) is 1. The van der Waals surface area contributed by atoms with Crippen molar-refractivity contribution in [2.24, 2.45) is 5.14 Å². The number of rotatable bonds is 11. The average Bonchev–Trinajstić information content (AvgIpc) is 3.34. The highest BCUT2D eigenvalue weighted by atomic mass is 32.2. The number of sulfonamides is 1. The summed E-state index contributed by atoms with van der Waals surface area (Å²) in [5.74, 6) is 0.0319. The highest BCUT2D eigenvalue weighted by molar-refractivity contribution is 7.89. The number of esters is 1. The van der Waals surface area contributed by atoms with Crippen LogP contribution in [0.4, 0.5) is 5.69 Å². The van der Waals surface area contributed by atoms with Crippen molar-refractivity contribution in [1.29, 1.82) is 0 Å². The predicted octanol–water partition coefficient (Wildman–Crippen LogP) is 3.62. The van der Waals surface area contributed by atoms with Gasteiger partial charge in [-0.1, -0.05) is 32.0 Å². The molecule has 1 heterocycles. The summed E-state index contributed by atoms with van der Waals surface area (Å²) >= 11 is 0. The number of para-hydroxylation sites is 1. The van der Waals surface area contributed by atoms with Crippen LogP contribution in [0.15, 0.2) is 47.4 Å². The van der Waals surface area contributed by atoms with Crippen LogP contribution in [0.5, 0.6) is 11.5 Å². The zero-order valence-corrected chi connectivity index (χ0v) is 20.1. The first-order valence-corrected chi connectivity index (χ1v) is 13.0. The minimum absolute atomic E-state index is 0.128. The maximum Gasteiger partial charge on any atom is 0.338 e. The molecule has 3 rings (SSSR count). The fourth-order valence-electron chi connectivity index (χ4n) is 3.89. The molecule has 1 aliphatic rings. The van der Waals surface area contributed by atoms with Gasteiger partial charge in [-0.25, -0.2) is 18.4 Å². The lowest BCUT2D eigenvalue weighted by Crippen LogP contribution is -2.25. The second-order valence-electron chi connectivity index (χ2n) is 7.99. The molecule has 0 aromatic heterocycles. The summed E-state index contributed by atoms with van der Waals surface area (Å²) in [4.78, 5) is 16.8. The maximum atomic E-state index is 12.8. The van der Waals surface area contributed by atoms with E-state index in [-0.39, 0.29) is 22.8 Å². The Hall–Kier alpha value is -2.62. The molecule has 9 heteroatoms. The highest BCUT2D eigenvalue weighted by Crippen LogP contribution is 2.40. The molecule has 0 amide bonds. The van der Waals surface area contributed by atoms with E-state index in [1.165, 1.54) is 6.07 Å². The van der Waals surface area contributed by atoms with Crippen LogP contribution in [-0.4, -0.2) is 58.6 Å². The quantitative estimate of drug-likeness (QED) is 0.391. The molecule has 8 nitrogen and oxygen atoms in total. The molecule has 0 atom stereocenters. The fraction of sp³-hybridized carbons (Fsp3) is 0.458. The predicted molar refractivity (Wildman–Crippen MR) is 128 cm³/mol. The third-order valence-corrected chi connectivity index (χ3v) is 6.65.